The average molecular weight is 220 g/mol. The molecule has 0 saturated carbocycles. The zero-order valence-electron chi connectivity index (χ0n) is 10.2. The summed E-state index contributed by atoms with van der Waals surface area (Å²) in [5.41, 5.74) is 7.53. The highest BCUT2D eigenvalue weighted by atomic mass is 16.1. The fourth-order valence-electron chi connectivity index (χ4n) is 1.32. The molecule has 0 heterocycles. The molecule has 1 unspecified atom stereocenters. The number of hydrogen-bond acceptors (Lipinski definition) is 2. The molecule has 0 aromatic heterocycles. The van der Waals surface area contributed by atoms with Crippen molar-refractivity contribution in [3.05, 3.63) is 29.8 Å². The molecule has 3 nitrogen and oxygen atoms in total. The molecule has 0 spiro atoms. The first-order valence-corrected chi connectivity index (χ1v) is 5.65. The Labute approximate surface area is 97.0 Å². The van der Waals surface area contributed by atoms with Gasteiger partial charge < -0.3 is 11.1 Å². The zero-order chi connectivity index (χ0) is 12.1. The van der Waals surface area contributed by atoms with Crippen molar-refractivity contribution in [2.75, 3.05) is 11.9 Å². The predicted octanol–water partition coefficient (Wildman–Crippen LogP) is 2.34. The lowest BCUT2D eigenvalue weighted by atomic mass is 10.0. The number of amides is 1. The highest BCUT2D eigenvalue weighted by Gasteiger charge is 2.10. The van der Waals surface area contributed by atoms with Gasteiger partial charge in [0.05, 0.1) is 0 Å². The second-order valence-electron chi connectivity index (χ2n) is 4.40. The molecular formula is C13H20N2O. The predicted molar refractivity (Wildman–Crippen MR) is 67.4 cm³/mol. The summed E-state index contributed by atoms with van der Waals surface area (Å²) < 4.78 is 0. The van der Waals surface area contributed by atoms with Gasteiger partial charge in [-0.2, -0.15) is 0 Å². The van der Waals surface area contributed by atoms with Crippen LogP contribution in [0.1, 0.15) is 32.3 Å². The lowest BCUT2D eigenvalue weighted by Gasteiger charge is -2.11. The second-order valence-corrected chi connectivity index (χ2v) is 4.40. The molecule has 0 aliphatic rings. The normalized spacial score (nSPS) is 12.6. The van der Waals surface area contributed by atoms with Crippen molar-refractivity contribution >= 4 is 11.6 Å². The standard InChI is InChI=1S/C13H20N2O/c1-9(2)11-4-6-12(7-5-11)15-13(16)10(3)8-14/h4-7,9-10H,8,14H2,1-3H3,(H,15,16). The van der Waals surface area contributed by atoms with E-state index in [1.807, 2.05) is 31.2 Å². The van der Waals surface area contributed by atoms with E-state index in [2.05, 4.69) is 19.2 Å². The van der Waals surface area contributed by atoms with Crippen LogP contribution in [0.5, 0.6) is 0 Å². The molecule has 0 aliphatic heterocycles. The molecule has 0 bridgehead atoms. The molecule has 0 saturated heterocycles. The zero-order valence-corrected chi connectivity index (χ0v) is 10.2. The fraction of sp³-hybridized carbons (Fsp3) is 0.462. The molecule has 1 amide bonds. The molecule has 1 aromatic carbocycles. The minimum absolute atomic E-state index is 0.0280. The maximum atomic E-state index is 11.6. The maximum Gasteiger partial charge on any atom is 0.228 e. The molecule has 3 heteroatoms. The monoisotopic (exact) mass is 220 g/mol. The summed E-state index contributed by atoms with van der Waals surface area (Å²) in [6.07, 6.45) is 0. The minimum atomic E-state index is -0.148. The van der Waals surface area contributed by atoms with Crippen LogP contribution in [0, 0.1) is 5.92 Å². The fourth-order valence-corrected chi connectivity index (χ4v) is 1.32. The van der Waals surface area contributed by atoms with Gasteiger partial charge in [-0.05, 0) is 23.6 Å². The molecule has 3 N–H and O–H groups in total. The van der Waals surface area contributed by atoms with E-state index in [9.17, 15) is 4.79 Å². The second kappa shape index (κ2) is 5.66. The number of anilines is 1. The van der Waals surface area contributed by atoms with Gasteiger partial charge in [-0.25, -0.2) is 0 Å². The third-order valence-corrected chi connectivity index (χ3v) is 2.65. The third-order valence-electron chi connectivity index (χ3n) is 2.65. The molecule has 1 aromatic rings. The van der Waals surface area contributed by atoms with Crippen molar-refractivity contribution in [2.45, 2.75) is 26.7 Å². The third kappa shape index (κ3) is 3.35. The van der Waals surface area contributed by atoms with E-state index in [-0.39, 0.29) is 11.8 Å². The Kier molecular flexibility index (Phi) is 4.50. The van der Waals surface area contributed by atoms with Crippen LogP contribution in [0.25, 0.3) is 0 Å². The van der Waals surface area contributed by atoms with Crippen LogP contribution in [0.3, 0.4) is 0 Å². The summed E-state index contributed by atoms with van der Waals surface area (Å²) in [7, 11) is 0. The topological polar surface area (TPSA) is 55.1 Å². The summed E-state index contributed by atoms with van der Waals surface area (Å²) in [6, 6.07) is 7.92. The van der Waals surface area contributed by atoms with Crippen LogP contribution in [-0.2, 0) is 4.79 Å². The molecule has 0 aliphatic carbocycles. The number of nitrogens with two attached hydrogens (primary N) is 1. The Morgan fingerprint density at radius 1 is 1.25 bits per heavy atom. The van der Waals surface area contributed by atoms with Crippen molar-refractivity contribution in [3.8, 4) is 0 Å². The molecule has 88 valence electrons. The van der Waals surface area contributed by atoms with Gasteiger partial charge in [0, 0.05) is 18.2 Å². The number of hydrogen-bond donors (Lipinski definition) is 2. The lowest BCUT2D eigenvalue weighted by Crippen LogP contribution is -2.26. The molecule has 1 atom stereocenters. The highest BCUT2D eigenvalue weighted by Crippen LogP contribution is 2.17. The van der Waals surface area contributed by atoms with Crippen molar-refractivity contribution in [1.29, 1.82) is 0 Å². The highest BCUT2D eigenvalue weighted by molar-refractivity contribution is 5.92. The summed E-state index contributed by atoms with van der Waals surface area (Å²) >= 11 is 0. The van der Waals surface area contributed by atoms with Crippen LogP contribution in [-0.4, -0.2) is 12.5 Å². The van der Waals surface area contributed by atoms with Crippen molar-refractivity contribution in [3.63, 3.8) is 0 Å². The van der Waals surface area contributed by atoms with Crippen LogP contribution < -0.4 is 11.1 Å². The summed E-state index contributed by atoms with van der Waals surface area (Å²) in [4.78, 5) is 11.6. The maximum absolute atomic E-state index is 11.6. The summed E-state index contributed by atoms with van der Waals surface area (Å²) in [5.74, 6) is 0.331. The van der Waals surface area contributed by atoms with Crippen molar-refractivity contribution in [2.24, 2.45) is 11.7 Å². The first-order valence-electron chi connectivity index (χ1n) is 5.65. The van der Waals surface area contributed by atoms with Gasteiger partial charge in [0.15, 0.2) is 0 Å². The van der Waals surface area contributed by atoms with Gasteiger partial charge in [-0.1, -0.05) is 32.9 Å². The number of carbonyl (C=O) groups excluding carboxylic acids is 1. The Bertz CT molecular complexity index is 343. The Morgan fingerprint density at radius 3 is 2.25 bits per heavy atom. The number of benzene rings is 1. The minimum Gasteiger partial charge on any atom is -0.330 e. The van der Waals surface area contributed by atoms with Gasteiger partial charge in [-0.15, -0.1) is 0 Å². The van der Waals surface area contributed by atoms with Crippen LogP contribution >= 0.6 is 0 Å². The van der Waals surface area contributed by atoms with E-state index in [1.54, 1.807) is 0 Å². The van der Waals surface area contributed by atoms with E-state index in [0.29, 0.717) is 12.5 Å². The van der Waals surface area contributed by atoms with Crippen LogP contribution in [0.15, 0.2) is 24.3 Å². The Morgan fingerprint density at radius 2 is 1.81 bits per heavy atom. The first-order chi connectivity index (χ1) is 7.54. The van der Waals surface area contributed by atoms with Crippen molar-refractivity contribution in [1.82, 2.24) is 0 Å². The SMILES string of the molecule is CC(CN)C(=O)Nc1ccc(C(C)C)cc1. The van der Waals surface area contributed by atoms with Gasteiger partial charge in [-0.3, -0.25) is 4.79 Å². The molecule has 16 heavy (non-hydrogen) atoms. The van der Waals surface area contributed by atoms with Crippen LogP contribution in [0.2, 0.25) is 0 Å². The lowest BCUT2D eigenvalue weighted by molar-refractivity contribution is -0.119. The Balaban J connectivity index is 2.65. The molecule has 0 radical (unpaired) electrons. The van der Waals surface area contributed by atoms with Gasteiger partial charge >= 0.3 is 0 Å². The van der Waals surface area contributed by atoms with Crippen molar-refractivity contribution < 1.29 is 4.79 Å². The van der Waals surface area contributed by atoms with Gasteiger partial charge in [0.25, 0.3) is 0 Å². The van der Waals surface area contributed by atoms with E-state index < -0.39 is 0 Å². The van der Waals surface area contributed by atoms with Gasteiger partial charge in [0.2, 0.25) is 5.91 Å². The molecule has 0 fully saturated rings. The van der Waals surface area contributed by atoms with Gasteiger partial charge in [0.1, 0.15) is 0 Å². The number of nitrogens with one attached hydrogen (secondary N) is 1. The molecular weight excluding hydrogens is 200 g/mol. The smallest absolute Gasteiger partial charge is 0.228 e. The number of carbonyl (C=O) groups is 1. The largest absolute Gasteiger partial charge is 0.330 e. The number of rotatable bonds is 4. The quantitative estimate of drug-likeness (QED) is 0.818. The summed E-state index contributed by atoms with van der Waals surface area (Å²) in [6.45, 7) is 6.47. The first kappa shape index (κ1) is 12.7. The van der Waals surface area contributed by atoms with E-state index >= 15 is 0 Å². The van der Waals surface area contributed by atoms with E-state index in [1.165, 1.54) is 5.56 Å². The van der Waals surface area contributed by atoms with Crippen LogP contribution in [0.4, 0.5) is 5.69 Å². The van der Waals surface area contributed by atoms with E-state index in [4.69, 9.17) is 5.73 Å². The molecule has 1 rings (SSSR count). The summed E-state index contributed by atoms with van der Waals surface area (Å²) in [5, 5.41) is 2.84. The van der Waals surface area contributed by atoms with E-state index in [0.717, 1.165) is 5.69 Å². The average Bonchev–Trinajstić information content (AvgIpc) is 2.28. The Hall–Kier alpha value is -1.35.